The fourth-order valence-corrected chi connectivity index (χ4v) is 2.14. The summed E-state index contributed by atoms with van der Waals surface area (Å²) in [4.78, 5) is 22.5. The third kappa shape index (κ3) is 2.26. The molecule has 0 bridgehead atoms. The van der Waals surface area contributed by atoms with Gasteiger partial charge in [-0.3, -0.25) is 4.79 Å². The minimum atomic E-state index is -0.360. The van der Waals surface area contributed by atoms with Gasteiger partial charge in [-0.15, -0.1) is 0 Å². The van der Waals surface area contributed by atoms with Gasteiger partial charge in [-0.1, -0.05) is 36.4 Å². The molecule has 0 amide bonds. The van der Waals surface area contributed by atoms with E-state index in [2.05, 4.69) is 0 Å². The maximum atomic E-state index is 11.3. The van der Waals surface area contributed by atoms with Crippen molar-refractivity contribution in [3.8, 4) is 11.1 Å². The molecule has 0 aliphatic carbocycles. The molecular weight excluding hydrogens is 252 g/mol. The van der Waals surface area contributed by atoms with Crippen LogP contribution in [0.25, 0.3) is 22.1 Å². The van der Waals surface area contributed by atoms with E-state index in [1.807, 2.05) is 30.3 Å². The zero-order valence-electron chi connectivity index (χ0n) is 10.9. The standard InChI is InChI=1S/C17H12O3/c1-11(18)12-2-4-13(5-3-12)15-7-6-14-8-9-17(19)20-16(14)10-15/h2-10H,1H3. The predicted molar refractivity (Wildman–Crippen MR) is 77.9 cm³/mol. The summed E-state index contributed by atoms with van der Waals surface area (Å²) in [6, 6.07) is 16.2. The molecule has 2 aromatic carbocycles. The Balaban J connectivity index is 2.09. The molecule has 1 heterocycles. The fraction of sp³-hybridized carbons (Fsp3) is 0.0588. The van der Waals surface area contributed by atoms with Crippen molar-refractivity contribution in [2.45, 2.75) is 6.92 Å². The van der Waals surface area contributed by atoms with Crippen molar-refractivity contribution < 1.29 is 9.21 Å². The van der Waals surface area contributed by atoms with E-state index in [1.165, 1.54) is 6.07 Å². The molecule has 3 rings (SSSR count). The number of fused-ring (bicyclic) bond motifs is 1. The van der Waals surface area contributed by atoms with E-state index in [1.54, 1.807) is 25.1 Å². The predicted octanol–water partition coefficient (Wildman–Crippen LogP) is 3.66. The van der Waals surface area contributed by atoms with Crippen LogP contribution in [0.4, 0.5) is 0 Å². The summed E-state index contributed by atoms with van der Waals surface area (Å²) in [6.45, 7) is 1.54. The Kier molecular flexibility index (Phi) is 2.95. The third-order valence-corrected chi connectivity index (χ3v) is 3.25. The molecule has 0 saturated heterocycles. The first-order valence-electron chi connectivity index (χ1n) is 6.29. The van der Waals surface area contributed by atoms with Crippen LogP contribution in [0.3, 0.4) is 0 Å². The summed E-state index contributed by atoms with van der Waals surface area (Å²) < 4.78 is 5.18. The number of rotatable bonds is 2. The van der Waals surface area contributed by atoms with Gasteiger partial charge in [-0.2, -0.15) is 0 Å². The lowest BCUT2D eigenvalue weighted by molar-refractivity contribution is 0.101. The lowest BCUT2D eigenvalue weighted by Crippen LogP contribution is -1.94. The zero-order valence-corrected chi connectivity index (χ0v) is 10.9. The summed E-state index contributed by atoms with van der Waals surface area (Å²) in [7, 11) is 0. The molecule has 0 aliphatic rings. The van der Waals surface area contributed by atoms with Crippen LogP contribution in [-0.2, 0) is 0 Å². The summed E-state index contributed by atoms with van der Waals surface area (Å²) in [6.07, 6.45) is 0. The molecule has 0 radical (unpaired) electrons. The van der Waals surface area contributed by atoms with Gasteiger partial charge >= 0.3 is 5.63 Å². The first-order chi connectivity index (χ1) is 9.63. The normalized spacial score (nSPS) is 10.7. The van der Waals surface area contributed by atoms with Crippen LogP contribution in [0.15, 0.2) is 63.8 Å². The minimum absolute atomic E-state index is 0.0426. The van der Waals surface area contributed by atoms with Crippen LogP contribution in [-0.4, -0.2) is 5.78 Å². The molecular formula is C17H12O3. The number of benzene rings is 2. The lowest BCUT2D eigenvalue weighted by Gasteiger charge is -2.04. The van der Waals surface area contributed by atoms with Gasteiger partial charge in [-0.25, -0.2) is 4.79 Å². The lowest BCUT2D eigenvalue weighted by atomic mass is 10.0. The maximum Gasteiger partial charge on any atom is 0.336 e. The topological polar surface area (TPSA) is 47.3 Å². The van der Waals surface area contributed by atoms with Crippen molar-refractivity contribution >= 4 is 16.8 Å². The van der Waals surface area contributed by atoms with Crippen molar-refractivity contribution in [3.05, 3.63) is 70.6 Å². The second kappa shape index (κ2) is 4.78. The Bertz CT molecular complexity index is 842. The number of Topliss-reactive ketones (excluding diaryl/α,β-unsaturated/α-hetero) is 1. The van der Waals surface area contributed by atoms with E-state index >= 15 is 0 Å². The summed E-state index contributed by atoms with van der Waals surface area (Å²) in [5.41, 5.74) is 2.80. The Morgan fingerprint density at radius 3 is 2.25 bits per heavy atom. The van der Waals surface area contributed by atoms with Crippen molar-refractivity contribution in [1.82, 2.24) is 0 Å². The summed E-state index contributed by atoms with van der Waals surface area (Å²) >= 11 is 0. The van der Waals surface area contributed by atoms with Crippen molar-refractivity contribution in [2.24, 2.45) is 0 Å². The smallest absolute Gasteiger partial charge is 0.336 e. The second-order valence-corrected chi connectivity index (χ2v) is 4.64. The van der Waals surface area contributed by atoms with Gasteiger partial charge in [0.2, 0.25) is 0 Å². The molecule has 0 saturated carbocycles. The van der Waals surface area contributed by atoms with E-state index in [0.29, 0.717) is 11.1 Å². The summed E-state index contributed by atoms with van der Waals surface area (Å²) in [5, 5.41) is 0.883. The van der Waals surface area contributed by atoms with Gasteiger partial charge in [0.05, 0.1) is 0 Å². The monoisotopic (exact) mass is 264 g/mol. The number of ketones is 1. The molecule has 3 aromatic rings. The molecule has 3 nitrogen and oxygen atoms in total. The van der Waals surface area contributed by atoms with E-state index in [-0.39, 0.29) is 11.4 Å². The maximum absolute atomic E-state index is 11.3. The van der Waals surface area contributed by atoms with Gasteiger partial charge in [-0.05, 0) is 30.2 Å². The van der Waals surface area contributed by atoms with Gasteiger partial charge in [0.1, 0.15) is 5.58 Å². The molecule has 0 spiro atoms. The molecule has 0 N–H and O–H groups in total. The van der Waals surface area contributed by atoms with Crippen LogP contribution in [0.5, 0.6) is 0 Å². The second-order valence-electron chi connectivity index (χ2n) is 4.64. The SMILES string of the molecule is CC(=O)c1ccc(-c2ccc3ccc(=O)oc3c2)cc1. The van der Waals surface area contributed by atoms with E-state index in [0.717, 1.165) is 16.5 Å². The number of carbonyl (C=O) groups excluding carboxylic acids is 1. The number of carbonyl (C=O) groups is 1. The van der Waals surface area contributed by atoms with Crippen molar-refractivity contribution in [2.75, 3.05) is 0 Å². The first-order valence-corrected chi connectivity index (χ1v) is 6.29. The Labute approximate surface area is 115 Å². The van der Waals surface area contributed by atoms with Crippen LogP contribution < -0.4 is 5.63 Å². The highest BCUT2D eigenvalue weighted by Gasteiger charge is 2.03. The Morgan fingerprint density at radius 2 is 1.55 bits per heavy atom. The molecule has 0 atom stereocenters. The van der Waals surface area contributed by atoms with Crippen LogP contribution in [0, 0.1) is 0 Å². The average Bonchev–Trinajstić information content (AvgIpc) is 2.46. The molecule has 20 heavy (non-hydrogen) atoms. The molecule has 3 heteroatoms. The number of hydrogen-bond acceptors (Lipinski definition) is 3. The molecule has 0 fully saturated rings. The minimum Gasteiger partial charge on any atom is -0.423 e. The van der Waals surface area contributed by atoms with E-state index in [9.17, 15) is 9.59 Å². The Hall–Kier alpha value is -2.68. The van der Waals surface area contributed by atoms with Crippen LogP contribution in [0.2, 0.25) is 0 Å². The quantitative estimate of drug-likeness (QED) is 0.524. The molecule has 0 aliphatic heterocycles. The molecule has 0 unspecified atom stereocenters. The largest absolute Gasteiger partial charge is 0.423 e. The average molecular weight is 264 g/mol. The first kappa shape index (κ1) is 12.4. The highest BCUT2D eigenvalue weighted by molar-refractivity contribution is 5.94. The highest BCUT2D eigenvalue weighted by Crippen LogP contribution is 2.24. The van der Waals surface area contributed by atoms with Gasteiger partial charge in [0, 0.05) is 17.0 Å². The molecule has 1 aromatic heterocycles. The van der Waals surface area contributed by atoms with Crippen molar-refractivity contribution in [3.63, 3.8) is 0 Å². The fourth-order valence-electron chi connectivity index (χ4n) is 2.14. The van der Waals surface area contributed by atoms with Crippen LogP contribution in [0.1, 0.15) is 17.3 Å². The summed E-state index contributed by atoms with van der Waals surface area (Å²) in [5.74, 6) is 0.0426. The Morgan fingerprint density at radius 1 is 0.900 bits per heavy atom. The zero-order chi connectivity index (χ0) is 14.1. The van der Waals surface area contributed by atoms with Crippen LogP contribution >= 0.6 is 0 Å². The molecule has 98 valence electrons. The number of hydrogen-bond donors (Lipinski definition) is 0. The van der Waals surface area contributed by atoms with E-state index in [4.69, 9.17) is 4.42 Å². The van der Waals surface area contributed by atoms with Gasteiger partial charge in [0.15, 0.2) is 5.78 Å². The third-order valence-electron chi connectivity index (χ3n) is 3.25. The van der Waals surface area contributed by atoms with E-state index < -0.39 is 0 Å². The van der Waals surface area contributed by atoms with Crippen molar-refractivity contribution in [1.29, 1.82) is 0 Å². The van der Waals surface area contributed by atoms with Gasteiger partial charge < -0.3 is 4.42 Å². The van der Waals surface area contributed by atoms with Gasteiger partial charge in [0.25, 0.3) is 0 Å². The highest BCUT2D eigenvalue weighted by atomic mass is 16.4.